The van der Waals surface area contributed by atoms with Gasteiger partial charge in [0.25, 0.3) is 0 Å². The second-order valence-electron chi connectivity index (χ2n) is 6.56. The molecule has 2 heterocycles. The lowest BCUT2D eigenvalue weighted by Crippen LogP contribution is -2.06. The first kappa shape index (κ1) is 17.7. The maximum Gasteiger partial charge on any atom is 0.338 e. The molecule has 0 amide bonds. The van der Waals surface area contributed by atoms with Gasteiger partial charge in [-0.3, -0.25) is 0 Å². The van der Waals surface area contributed by atoms with Gasteiger partial charge in [0.1, 0.15) is 12.3 Å². The van der Waals surface area contributed by atoms with Crippen LogP contribution in [0.15, 0.2) is 77.8 Å². The molecule has 0 saturated carbocycles. The van der Waals surface area contributed by atoms with Crippen molar-refractivity contribution in [3.05, 3.63) is 95.7 Å². The summed E-state index contributed by atoms with van der Waals surface area (Å²) in [5, 5.41) is 3.98. The molecule has 0 atom stereocenters. The van der Waals surface area contributed by atoms with Gasteiger partial charge in [-0.1, -0.05) is 47.1 Å². The summed E-state index contributed by atoms with van der Waals surface area (Å²) in [6.45, 7) is 2.79. The Balaban J connectivity index is 1.34. The molecule has 6 heteroatoms. The van der Waals surface area contributed by atoms with Crippen LogP contribution in [0.1, 0.15) is 27.2 Å². The molecule has 0 aliphatic heterocycles. The molecule has 0 saturated heterocycles. The highest BCUT2D eigenvalue weighted by molar-refractivity contribution is 5.89. The Labute approximate surface area is 162 Å². The fourth-order valence-corrected chi connectivity index (χ4v) is 2.79. The zero-order valence-electron chi connectivity index (χ0n) is 15.4. The highest BCUT2D eigenvalue weighted by atomic mass is 16.5. The van der Waals surface area contributed by atoms with Crippen LogP contribution in [0.5, 0.6) is 0 Å². The van der Waals surface area contributed by atoms with Crippen molar-refractivity contribution in [2.45, 2.75) is 20.1 Å². The maximum atomic E-state index is 12.3. The molecule has 0 fully saturated rings. The van der Waals surface area contributed by atoms with Crippen LogP contribution in [0, 0.1) is 6.92 Å². The Morgan fingerprint density at radius 2 is 1.89 bits per heavy atom. The van der Waals surface area contributed by atoms with Gasteiger partial charge in [0, 0.05) is 30.6 Å². The van der Waals surface area contributed by atoms with Crippen LogP contribution in [0.3, 0.4) is 0 Å². The lowest BCUT2D eigenvalue weighted by atomic mass is 10.1. The van der Waals surface area contributed by atoms with Crippen molar-refractivity contribution < 1.29 is 14.1 Å². The Morgan fingerprint density at radius 3 is 2.61 bits per heavy atom. The SMILES string of the molecule is Cc1ccc(-c2cc(COC(=O)c3ccc(Cn4ccnc4)cc3)no2)cc1. The van der Waals surface area contributed by atoms with E-state index in [4.69, 9.17) is 9.26 Å². The number of nitrogens with zero attached hydrogens (tertiary/aromatic N) is 3. The molecule has 2 aromatic carbocycles. The maximum absolute atomic E-state index is 12.3. The molecule has 0 spiro atoms. The summed E-state index contributed by atoms with van der Waals surface area (Å²) in [7, 11) is 0. The average molecular weight is 373 g/mol. The van der Waals surface area contributed by atoms with Gasteiger partial charge >= 0.3 is 5.97 Å². The van der Waals surface area contributed by atoms with E-state index >= 15 is 0 Å². The van der Waals surface area contributed by atoms with E-state index in [9.17, 15) is 4.79 Å². The summed E-state index contributed by atoms with van der Waals surface area (Å²) in [6, 6.07) is 17.1. The van der Waals surface area contributed by atoms with E-state index in [1.807, 2.05) is 54.1 Å². The Bertz CT molecular complexity index is 1050. The molecule has 0 unspecified atom stereocenters. The minimum absolute atomic E-state index is 0.0605. The van der Waals surface area contributed by atoms with Crippen molar-refractivity contribution in [2.75, 3.05) is 0 Å². The minimum atomic E-state index is -0.394. The van der Waals surface area contributed by atoms with E-state index in [1.165, 1.54) is 5.56 Å². The summed E-state index contributed by atoms with van der Waals surface area (Å²) >= 11 is 0. The van der Waals surface area contributed by atoms with Crippen molar-refractivity contribution >= 4 is 5.97 Å². The summed E-state index contributed by atoms with van der Waals surface area (Å²) in [4.78, 5) is 16.3. The molecule has 4 rings (SSSR count). The number of carbonyl (C=O) groups excluding carboxylic acids is 1. The van der Waals surface area contributed by atoms with Crippen LogP contribution < -0.4 is 0 Å². The van der Waals surface area contributed by atoms with Crippen molar-refractivity contribution in [1.29, 1.82) is 0 Å². The molecule has 140 valence electrons. The second-order valence-corrected chi connectivity index (χ2v) is 6.56. The van der Waals surface area contributed by atoms with Crippen LogP contribution in [-0.4, -0.2) is 20.7 Å². The third kappa shape index (κ3) is 4.17. The lowest BCUT2D eigenvalue weighted by Gasteiger charge is -2.05. The van der Waals surface area contributed by atoms with Crippen LogP contribution >= 0.6 is 0 Å². The number of hydrogen-bond donors (Lipinski definition) is 0. The summed E-state index contributed by atoms with van der Waals surface area (Å²) < 4.78 is 12.7. The van der Waals surface area contributed by atoms with E-state index in [-0.39, 0.29) is 6.61 Å². The molecule has 2 aromatic heterocycles. The Hall–Kier alpha value is -3.67. The molecular weight excluding hydrogens is 354 g/mol. The van der Waals surface area contributed by atoms with E-state index in [2.05, 4.69) is 10.1 Å². The van der Waals surface area contributed by atoms with Crippen LogP contribution in [0.4, 0.5) is 0 Å². The summed E-state index contributed by atoms with van der Waals surface area (Å²) in [6.07, 6.45) is 5.38. The van der Waals surface area contributed by atoms with Crippen molar-refractivity contribution in [2.24, 2.45) is 0 Å². The van der Waals surface area contributed by atoms with Crippen molar-refractivity contribution in [3.63, 3.8) is 0 Å². The fraction of sp³-hybridized carbons (Fsp3) is 0.136. The Morgan fingerprint density at radius 1 is 1.11 bits per heavy atom. The quantitative estimate of drug-likeness (QED) is 0.473. The van der Waals surface area contributed by atoms with Crippen molar-refractivity contribution in [3.8, 4) is 11.3 Å². The number of hydrogen-bond acceptors (Lipinski definition) is 5. The third-order valence-corrected chi connectivity index (χ3v) is 4.36. The first-order chi connectivity index (χ1) is 13.7. The monoisotopic (exact) mass is 373 g/mol. The average Bonchev–Trinajstić information content (AvgIpc) is 3.39. The number of rotatable bonds is 6. The molecule has 0 aliphatic rings. The van der Waals surface area contributed by atoms with Gasteiger partial charge in [-0.15, -0.1) is 0 Å². The molecule has 0 N–H and O–H groups in total. The first-order valence-electron chi connectivity index (χ1n) is 8.92. The highest BCUT2D eigenvalue weighted by Crippen LogP contribution is 2.21. The third-order valence-electron chi connectivity index (χ3n) is 4.36. The van der Waals surface area contributed by atoms with Gasteiger partial charge in [-0.2, -0.15) is 0 Å². The molecule has 28 heavy (non-hydrogen) atoms. The fourth-order valence-electron chi connectivity index (χ4n) is 2.79. The van der Waals surface area contributed by atoms with Gasteiger partial charge in [0.15, 0.2) is 5.76 Å². The predicted molar refractivity (Wildman–Crippen MR) is 104 cm³/mol. The minimum Gasteiger partial charge on any atom is -0.455 e. The zero-order valence-corrected chi connectivity index (χ0v) is 15.4. The van der Waals surface area contributed by atoms with Gasteiger partial charge in [-0.25, -0.2) is 9.78 Å². The normalized spacial score (nSPS) is 10.8. The topological polar surface area (TPSA) is 70.2 Å². The largest absolute Gasteiger partial charge is 0.455 e. The van der Waals surface area contributed by atoms with Gasteiger partial charge in [0.05, 0.1) is 11.9 Å². The number of ether oxygens (including phenoxy) is 1. The molecule has 0 aliphatic carbocycles. The van der Waals surface area contributed by atoms with Crippen LogP contribution in [0.25, 0.3) is 11.3 Å². The van der Waals surface area contributed by atoms with Gasteiger partial charge in [-0.05, 0) is 24.6 Å². The molecule has 0 radical (unpaired) electrons. The highest BCUT2D eigenvalue weighted by Gasteiger charge is 2.11. The summed E-state index contributed by atoms with van der Waals surface area (Å²) in [5.74, 6) is 0.254. The number of carbonyl (C=O) groups is 1. The predicted octanol–water partition coefficient (Wildman–Crippen LogP) is 4.25. The zero-order chi connectivity index (χ0) is 19.3. The number of aromatic nitrogens is 3. The molecule has 0 bridgehead atoms. The number of esters is 1. The van der Waals surface area contributed by atoms with Crippen LogP contribution in [-0.2, 0) is 17.9 Å². The standard InChI is InChI=1S/C22H19N3O3/c1-16-2-6-18(7-3-16)21-12-20(24-28-21)14-27-22(26)19-8-4-17(5-9-19)13-25-11-10-23-15-25/h2-12,15H,13-14H2,1H3. The van der Waals surface area contributed by atoms with Gasteiger partial charge in [0.2, 0.25) is 0 Å². The molecule has 6 nitrogen and oxygen atoms in total. The van der Waals surface area contributed by atoms with Crippen LogP contribution in [0.2, 0.25) is 0 Å². The summed E-state index contributed by atoms with van der Waals surface area (Å²) in [5.41, 5.74) is 4.25. The van der Waals surface area contributed by atoms with Crippen molar-refractivity contribution in [1.82, 2.24) is 14.7 Å². The second kappa shape index (κ2) is 7.92. The van der Waals surface area contributed by atoms with E-state index in [0.29, 0.717) is 23.6 Å². The number of benzene rings is 2. The number of aryl methyl sites for hydroxylation is 1. The Kier molecular flexibility index (Phi) is 5.01. The molecule has 4 aromatic rings. The number of imidazole rings is 1. The van der Waals surface area contributed by atoms with Gasteiger partial charge < -0.3 is 13.8 Å². The van der Waals surface area contributed by atoms with E-state index < -0.39 is 5.97 Å². The first-order valence-corrected chi connectivity index (χ1v) is 8.92. The molecular formula is C22H19N3O3. The smallest absolute Gasteiger partial charge is 0.338 e. The van der Waals surface area contributed by atoms with E-state index in [0.717, 1.165) is 11.1 Å². The van der Waals surface area contributed by atoms with E-state index in [1.54, 1.807) is 30.7 Å². The lowest BCUT2D eigenvalue weighted by molar-refractivity contribution is 0.0464.